The van der Waals surface area contributed by atoms with Crippen LogP contribution in [-0.2, 0) is 26.4 Å². The van der Waals surface area contributed by atoms with Gasteiger partial charge >= 0.3 is 0 Å². The molecule has 2 aromatic heterocycles. The van der Waals surface area contributed by atoms with Gasteiger partial charge in [-0.2, -0.15) is 8.42 Å². The third-order valence-electron chi connectivity index (χ3n) is 3.93. The average Bonchev–Trinajstić information content (AvgIpc) is 2.66. The van der Waals surface area contributed by atoms with Crippen LogP contribution in [-0.4, -0.2) is 43.9 Å². The van der Waals surface area contributed by atoms with Crippen LogP contribution in [0, 0.1) is 0 Å². The number of benzene rings is 1. The number of rotatable bonds is 4. The van der Waals surface area contributed by atoms with Gasteiger partial charge in [-0.15, -0.1) is 0 Å². The highest BCUT2D eigenvalue weighted by molar-refractivity contribution is 7.90. The minimum atomic E-state index is -3.67. The molecule has 0 fully saturated rings. The summed E-state index contributed by atoms with van der Waals surface area (Å²) >= 11 is 6.42. The van der Waals surface area contributed by atoms with Gasteiger partial charge < -0.3 is 0 Å². The first-order valence-electron chi connectivity index (χ1n) is 8.73. The number of sulfone groups is 1. The van der Waals surface area contributed by atoms with E-state index in [1.54, 1.807) is 42.7 Å². The van der Waals surface area contributed by atoms with E-state index in [0.717, 1.165) is 34.5 Å². The van der Waals surface area contributed by atoms with Crippen molar-refractivity contribution in [3.63, 3.8) is 0 Å². The van der Waals surface area contributed by atoms with Crippen molar-refractivity contribution in [2.45, 2.75) is 18.2 Å². The number of aryl methyl sites for hydroxylation is 1. The Morgan fingerprint density at radius 3 is 1.93 bits per heavy atom. The van der Waals surface area contributed by atoms with Crippen molar-refractivity contribution in [2.75, 3.05) is 12.5 Å². The number of aromatic nitrogens is 2. The maximum absolute atomic E-state index is 11.6. The Labute approximate surface area is 181 Å². The summed E-state index contributed by atoms with van der Waals surface area (Å²) in [5.41, 5.74) is 4.15. The molecule has 0 saturated heterocycles. The molecule has 0 saturated carbocycles. The molecule has 3 rings (SSSR count). The van der Waals surface area contributed by atoms with Gasteiger partial charge in [-0.1, -0.05) is 30.7 Å². The molecule has 1 N–H and O–H groups in total. The van der Waals surface area contributed by atoms with E-state index >= 15 is 0 Å². The van der Waals surface area contributed by atoms with Crippen LogP contribution < -0.4 is 0 Å². The highest BCUT2D eigenvalue weighted by Crippen LogP contribution is 2.36. The van der Waals surface area contributed by atoms with Crippen LogP contribution in [0.15, 0.2) is 59.8 Å². The molecule has 0 amide bonds. The van der Waals surface area contributed by atoms with Gasteiger partial charge in [-0.05, 0) is 42.3 Å². The lowest BCUT2D eigenvalue weighted by Gasteiger charge is -2.12. The minimum absolute atomic E-state index is 0.270. The molecular formula is C20H21ClN2O5S2. The predicted molar refractivity (Wildman–Crippen MR) is 118 cm³/mol. The van der Waals surface area contributed by atoms with Crippen molar-refractivity contribution in [1.82, 2.24) is 9.97 Å². The molecule has 0 bridgehead atoms. The summed E-state index contributed by atoms with van der Waals surface area (Å²) in [6.45, 7) is 2.05. The summed E-state index contributed by atoms with van der Waals surface area (Å²) in [6.07, 6.45) is 6.20. The standard InChI is InChI=1S/C19H17ClN2O2S.CH4O3S/c1-3-15-7-4-14(12-22-15)19-18(17(20)10-11-21-19)13-5-8-16(9-6-13)25(2,23)24;1-5(2,3)4/h4-12H,3H2,1-2H3;1H3,(H,2,3,4). The second-order valence-electron chi connectivity index (χ2n) is 6.44. The summed E-state index contributed by atoms with van der Waals surface area (Å²) in [6, 6.07) is 12.3. The fourth-order valence-electron chi connectivity index (χ4n) is 2.57. The lowest BCUT2D eigenvalue weighted by atomic mass is 10.00. The molecule has 2 heterocycles. The van der Waals surface area contributed by atoms with Gasteiger partial charge in [0.05, 0.1) is 21.9 Å². The number of hydrogen-bond acceptors (Lipinski definition) is 6. The topological polar surface area (TPSA) is 114 Å². The van der Waals surface area contributed by atoms with Crippen LogP contribution in [0.2, 0.25) is 5.02 Å². The summed E-state index contributed by atoms with van der Waals surface area (Å²) in [5, 5.41) is 0.552. The molecule has 0 aliphatic heterocycles. The second kappa shape index (κ2) is 9.65. The first-order chi connectivity index (χ1) is 13.9. The van der Waals surface area contributed by atoms with Gasteiger partial charge in [0.2, 0.25) is 0 Å². The average molecular weight is 469 g/mol. The third kappa shape index (κ3) is 6.88. The molecule has 0 aliphatic carbocycles. The van der Waals surface area contributed by atoms with E-state index in [-0.39, 0.29) is 4.90 Å². The van der Waals surface area contributed by atoms with E-state index in [1.165, 1.54) is 6.26 Å². The smallest absolute Gasteiger partial charge is 0.261 e. The Balaban J connectivity index is 0.000000575. The second-order valence-corrected chi connectivity index (χ2v) is 10.3. The molecule has 3 aromatic rings. The first kappa shape index (κ1) is 23.9. The van der Waals surface area contributed by atoms with Crippen molar-refractivity contribution in [3.05, 3.63) is 65.6 Å². The highest BCUT2D eigenvalue weighted by atomic mass is 35.5. The Morgan fingerprint density at radius 2 is 1.47 bits per heavy atom. The fourth-order valence-corrected chi connectivity index (χ4v) is 3.46. The number of nitrogens with zero attached hydrogens (tertiary/aromatic N) is 2. The summed E-state index contributed by atoms with van der Waals surface area (Å²) < 4.78 is 49.2. The van der Waals surface area contributed by atoms with Crippen molar-refractivity contribution < 1.29 is 21.4 Å². The van der Waals surface area contributed by atoms with Gasteiger partial charge in [0, 0.05) is 35.5 Å². The van der Waals surface area contributed by atoms with Crippen molar-refractivity contribution in [3.8, 4) is 22.4 Å². The molecule has 1 aromatic carbocycles. The van der Waals surface area contributed by atoms with E-state index < -0.39 is 20.0 Å². The maximum Gasteiger partial charge on any atom is 0.261 e. The summed E-state index contributed by atoms with van der Waals surface area (Å²) in [5.74, 6) is 0. The molecule has 0 radical (unpaired) electrons. The maximum atomic E-state index is 11.6. The van der Waals surface area contributed by atoms with Crippen LogP contribution in [0.4, 0.5) is 0 Å². The first-order valence-corrected chi connectivity index (χ1v) is 12.8. The minimum Gasteiger partial charge on any atom is -0.286 e. The fraction of sp³-hybridized carbons (Fsp3) is 0.200. The SMILES string of the molecule is CCc1ccc(-c2nccc(Cl)c2-c2ccc(S(C)(=O)=O)cc2)cn1.CS(=O)(=O)O. The zero-order chi connectivity index (χ0) is 22.5. The van der Waals surface area contributed by atoms with E-state index in [1.807, 2.05) is 12.1 Å². The van der Waals surface area contributed by atoms with E-state index in [4.69, 9.17) is 16.2 Å². The zero-order valence-corrected chi connectivity index (χ0v) is 19.0. The van der Waals surface area contributed by atoms with Crippen molar-refractivity contribution in [2.24, 2.45) is 0 Å². The van der Waals surface area contributed by atoms with E-state index in [9.17, 15) is 16.8 Å². The highest BCUT2D eigenvalue weighted by Gasteiger charge is 2.14. The van der Waals surface area contributed by atoms with Crippen LogP contribution in [0.1, 0.15) is 12.6 Å². The van der Waals surface area contributed by atoms with Crippen LogP contribution in [0.3, 0.4) is 0 Å². The number of pyridine rings is 2. The Hall–Kier alpha value is -2.33. The van der Waals surface area contributed by atoms with Crippen molar-refractivity contribution in [1.29, 1.82) is 0 Å². The lowest BCUT2D eigenvalue weighted by Crippen LogP contribution is -1.97. The summed E-state index contributed by atoms with van der Waals surface area (Å²) in [7, 11) is -6.91. The molecule has 7 nitrogen and oxygen atoms in total. The molecule has 0 aliphatic rings. The van der Waals surface area contributed by atoms with Crippen LogP contribution in [0.25, 0.3) is 22.4 Å². The number of hydrogen-bond donors (Lipinski definition) is 1. The quantitative estimate of drug-likeness (QED) is 0.576. The monoisotopic (exact) mass is 468 g/mol. The van der Waals surface area contributed by atoms with Gasteiger partial charge in [0.15, 0.2) is 9.84 Å². The predicted octanol–water partition coefficient (Wildman–Crippen LogP) is 3.93. The van der Waals surface area contributed by atoms with Gasteiger partial charge in [0.1, 0.15) is 0 Å². The molecule has 160 valence electrons. The van der Waals surface area contributed by atoms with Crippen LogP contribution >= 0.6 is 11.6 Å². The Bertz CT molecular complexity index is 1220. The van der Waals surface area contributed by atoms with Gasteiger partial charge in [-0.25, -0.2) is 8.42 Å². The molecular weight excluding hydrogens is 448 g/mol. The van der Waals surface area contributed by atoms with Crippen LogP contribution in [0.5, 0.6) is 0 Å². The molecule has 10 heteroatoms. The third-order valence-corrected chi connectivity index (χ3v) is 5.38. The van der Waals surface area contributed by atoms with Gasteiger partial charge in [-0.3, -0.25) is 14.5 Å². The molecule has 0 atom stereocenters. The number of halogens is 1. The Morgan fingerprint density at radius 1 is 0.900 bits per heavy atom. The molecule has 0 unspecified atom stereocenters. The Kier molecular flexibility index (Phi) is 7.70. The largest absolute Gasteiger partial charge is 0.286 e. The summed E-state index contributed by atoms with van der Waals surface area (Å²) in [4.78, 5) is 9.16. The molecule has 30 heavy (non-hydrogen) atoms. The normalized spacial score (nSPS) is 11.5. The zero-order valence-electron chi connectivity index (χ0n) is 16.6. The lowest BCUT2D eigenvalue weighted by molar-refractivity contribution is 0.490. The van der Waals surface area contributed by atoms with E-state index in [0.29, 0.717) is 11.3 Å². The van der Waals surface area contributed by atoms with E-state index in [2.05, 4.69) is 16.9 Å². The van der Waals surface area contributed by atoms with Gasteiger partial charge in [0.25, 0.3) is 10.1 Å². The molecule has 0 spiro atoms. The van der Waals surface area contributed by atoms with Crippen molar-refractivity contribution >= 4 is 31.6 Å².